The summed E-state index contributed by atoms with van der Waals surface area (Å²) in [6.07, 6.45) is 0. The fourth-order valence-corrected chi connectivity index (χ4v) is 5.56. The van der Waals surface area contributed by atoms with Crippen molar-refractivity contribution in [1.82, 2.24) is 0 Å². The summed E-state index contributed by atoms with van der Waals surface area (Å²) >= 11 is 7.50. The number of hydrogen-bond acceptors (Lipinski definition) is 7. The van der Waals surface area contributed by atoms with Gasteiger partial charge in [0.2, 0.25) is 11.2 Å². The van der Waals surface area contributed by atoms with Crippen LogP contribution in [-0.4, -0.2) is 25.1 Å². The molecule has 1 N–H and O–H groups in total. The summed E-state index contributed by atoms with van der Waals surface area (Å²) < 4.78 is 17.3. The molecule has 2 heterocycles. The van der Waals surface area contributed by atoms with Crippen molar-refractivity contribution >= 4 is 50.8 Å². The van der Waals surface area contributed by atoms with Crippen LogP contribution in [0.15, 0.2) is 75.3 Å². The monoisotopic (exact) mass is 601 g/mol. The van der Waals surface area contributed by atoms with E-state index in [1.165, 1.54) is 17.4 Å². The van der Waals surface area contributed by atoms with E-state index in [2.05, 4.69) is 5.32 Å². The fraction of sp³-hybridized carbons (Fsp3) is 0.182. The SMILES string of the molecule is CCOC(=O)c1c(-c2ccc(C)cc2)csc1NC(=O)COc1c(-c2ccc(C)cc2)oc2cc(C)c(Cl)cc2c1=O. The highest BCUT2D eigenvalue weighted by atomic mass is 35.5. The quantitative estimate of drug-likeness (QED) is 0.181. The highest BCUT2D eigenvalue weighted by Crippen LogP contribution is 2.37. The summed E-state index contributed by atoms with van der Waals surface area (Å²) in [6.45, 7) is 7.15. The molecule has 1 amide bonds. The van der Waals surface area contributed by atoms with Crippen LogP contribution in [-0.2, 0) is 9.53 Å². The number of thiophene rings is 1. The smallest absolute Gasteiger partial charge is 0.341 e. The van der Waals surface area contributed by atoms with Gasteiger partial charge in [0.05, 0.1) is 12.0 Å². The summed E-state index contributed by atoms with van der Waals surface area (Å²) in [5, 5.41) is 5.53. The molecule has 0 aliphatic carbocycles. The Labute approximate surface area is 251 Å². The molecule has 0 fully saturated rings. The molecule has 0 aliphatic rings. The number of carbonyl (C=O) groups excluding carboxylic acids is 2. The van der Waals surface area contributed by atoms with Crippen molar-refractivity contribution in [2.75, 3.05) is 18.5 Å². The fourth-order valence-electron chi connectivity index (χ4n) is 4.43. The first-order chi connectivity index (χ1) is 20.2. The van der Waals surface area contributed by atoms with Crippen molar-refractivity contribution < 1.29 is 23.5 Å². The molecule has 9 heteroatoms. The number of esters is 1. The van der Waals surface area contributed by atoms with E-state index >= 15 is 0 Å². The van der Waals surface area contributed by atoms with Gasteiger partial charge in [0.1, 0.15) is 16.1 Å². The number of carbonyl (C=O) groups is 2. The number of hydrogen-bond donors (Lipinski definition) is 1. The van der Waals surface area contributed by atoms with Crippen molar-refractivity contribution in [3.8, 4) is 28.2 Å². The lowest BCUT2D eigenvalue weighted by Crippen LogP contribution is -2.23. The van der Waals surface area contributed by atoms with Gasteiger partial charge in [-0.1, -0.05) is 71.3 Å². The predicted molar refractivity (Wildman–Crippen MR) is 167 cm³/mol. The standard InChI is InChI=1S/C33H28ClNO6S/c1-5-39-33(38)28-24(21-10-6-18(2)7-11-21)17-42-32(28)35-27(36)16-40-31-29(37)23-15-25(34)20(4)14-26(23)41-30(31)22-12-8-19(3)9-13-22/h6-15,17H,5,16H2,1-4H3,(H,35,36). The summed E-state index contributed by atoms with van der Waals surface area (Å²) in [5.74, 6) is -1.02. The van der Waals surface area contributed by atoms with Crippen LogP contribution in [0.2, 0.25) is 5.02 Å². The summed E-state index contributed by atoms with van der Waals surface area (Å²) in [5.41, 5.74) is 5.13. The molecule has 0 radical (unpaired) electrons. The van der Waals surface area contributed by atoms with Gasteiger partial charge in [-0.3, -0.25) is 9.59 Å². The van der Waals surface area contributed by atoms with E-state index in [0.717, 1.165) is 22.3 Å². The maximum atomic E-state index is 13.6. The molecule has 0 bridgehead atoms. The van der Waals surface area contributed by atoms with E-state index in [9.17, 15) is 14.4 Å². The topological polar surface area (TPSA) is 94.8 Å². The van der Waals surface area contributed by atoms with Gasteiger partial charge in [0, 0.05) is 21.5 Å². The van der Waals surface area contributed by atoms with E-state index in [1.54, 1.807) is 18.4 Å². The van der Waals surface area contributed by atoms with Crippen LogP contribution >= 0.6 is 22.9 Å². The first-order valence-corrected chi connectivity index (χ1v) is 14.5. The minimum atomic E-state index is -0.561. The van der Waals surface area contributed by atoms with Crippen molar-refractivity contribution in [3.05, 3.63) is 104 Å². The van der Waals surface area contributed by atoms with Gasteiger partial charge in [-0.05, 0) is 51.0 Å². The van der Waals surface area contributed by atoms with Gasteiger partial charge in [-0.15, -0.1) is 11.3 Å². The first-order valence-electron chi connectivity index (χ1n) is 13.3. The van der Waals surface area contributed by atoms with E-state index in [0.29, 0.717) is 26.7 Å². The Bertz CT molecular complexity index is 1860. The third-order valence-electron chi connectivity index (χ3n) is 6.68. The van der Waals surface area contributed by atoms with Crippen molar-refractivity contribution in [1.29, 1.82) is 0 Å². The number of aryl methyl sites for hydroxylation is 3. The molecule has 0 saturated carbocycles. The Kier molecular flexibility index (Phi) is 8.47. The van der Waals surface area contributed by atoms with Crippen LogP contribution < -0.4 is 15.5 Å². The third-order valence-corrected chi connectivity index (χ3v) is 7.98. The highest BCUT2D eigenvalue weighted by Gasteiger charge is 2.24. The second-order valence-corrected chi connectivity index (χ2v) is 11.1. The van der Waals surface area contributed by atoms with Crippen LogP contribution in [0.4, 0.5) is 5.00 Å². The molecule has 2 aromatic heterocycles. The van der Waals surface area contributed by atoms with Crippen LogP contribution in [0, 0.1) is 20.8 Å². The van der Waals surface area contributed by atoms with Crippen LogP contribution in [0.3, 0.4) is 0 Å². The maximum absolute atomic E-state index is 13.6. The number of nitrogens with one attached hydrogen (secondary N) is 1. The molecule has 7 nitrogen and oxygen atoms in total. The normalized spacial score (nSPS) is 11.0. The largest absolute Gasteiger partial charge is 0.476 e. The second kappa shape index (κ2) is 12.2. The van der Waals surface area contributed by atoms with Gasteiger partial charge in [0.25, 0.3) is 5.91 Å². The molecular weight excluding hydrogens is 574 g/mol. The lowest BCUT2D eigenvalue weighted by Gasteiger charge is -2.13. The molecule has 0 spiro atoms. The van der Waals surface area contributed by atoms with Crippen LogP contribution in [0.5, 0.6) is 5.75 Å². The Balaban J connectivity index is 1.47. The molecule has 0 saturated heterocycles. The Morgan fingerprint density at radius 2 is 1.60 bits per heavy atom. The number of fused-ring (bicyclic) bond motifs is 1. The Morgan fingerprint density at radius 3 is 2.24 bits per heavy atom. The molecule has 42 heavy (non-hydrogen) atoms. The zero-order chi connectivity index (χ0) is 30.0. The average molecular weight is 602 g/mol. The lowest BCUT2D eigenvalue weighted by molar-refractivity contribution is -0.118. The molecule has 0 unspecified atom stereocenters. The molecule has 214 valence electrons. The van der Waals surface area contributed by atoms with Gasteiger partial charge in [-0.25, -0.2) is 4.79 Å². The van der Waals surface area contributed by atoms with Crippen molar-refractivity contribution in [2.45, 2.75) is 27.7 Å². The minimum Gasteiger partial charge on any atom is -0.476 e. The summed E-state index contributed by atoms with van der Waals surface area (Å²) in [4.78, 5) is 39.7. The number of ether oxygens (including phenoxy) is 2. The number of benzene rings is 3. The van der Waals surface area contributed by atoms with Crippen LogP contribution in [0.1, 0.15) is 34.0 Å². The van der Waals surface area contributed by atoms with Gasteiger partial charge >= 0.3 is 5.97 Å². The third kappa shape index (κ3) is 5.95. The zero-order valence-corrected chi connectivity index (χ0v) is 25.1. The molecular formula is C33H28ClNO6S. The molecule has 3 aromatic carbocycles. The number of halogens is 1. The summed E-state index contributed by atoms with van der Waals surface area (Å²) in [6, 6.07) is 18.4. The van der Waals surface area contributed by atoms with Gasteiger partial charge < -0.3 is 19.2 Å². The van der Waals surface area contributed by atoms with Crippen LogP contribution in [0.25, 0.3) is 33.4 Å². The minimum absolute atomic E-state index is 0.112. The molecule has 0 aliphatic heterocycles. The van der Waals surface area contributed by atoms with Gasteiger partial charge in [0.15, 0.2) is 12.4 Å². The van der Waals surface area contributed by atoms with E-state index in [-0.39, 0.29) is 29.1 Å². The van der Waals surface area contributed by atoms with Crippen molar-refractivity contribution in [2.24, 2.45) is 0 Å². The number of amides is 1. The maximum Gasteiger partial charge on any atom is 0.341 e. The first kappa shape index (κ1) is 29.1. The zero-order valence-electron chi connectivity index (χ0n) is 23.5. The number of rotatable bonds is 8. The van der Waals surface area contributed by atoms with E-state index < -0.39 is 23.9 Å². The van der Waals surface area contributed by atoms with Crippen molar-refractivity contribution in [3.63, 3.8) is 0 Å². The number of anilines is 1. The van der Waals surface area contributed by atoms with E-state index in [1.807, 2.05) is 69.3 Å². The predicted octanol–water partition coefficient (Wildman–Crippen LogP) is 7.96. The van der Waals surface area contributed by atoms with Gasteiger partial charge in [-0.2, -0.15) is 0 Å². The Hall–Kier alpha value is -4.40. The second-order valence-electron chi connectivity index (χ2n) is 9.83. The average Bonchev–Trinajstić information content (AvgIpc) is 3.38. The lowest BCUT2D eigenvalue weighted by atomic mass is 10.0. The molecule has 5 rings (SSSR count). The Morgan fingerprint density at radius 1 is 0.952 bits per heavy atom. The summed E-state index contributed by atoms with van der Waals surface area (Å²) in [7, 11) is 0. The van der Waals surface area contributed by atoms with E-state index in [4.69, 9.17) is 25.5 Å². The molecule has 0 atom stereocenters. The molecule has 5 aromatic rings. The highest BCUT2D eigenvalue weighted by molar-refractivity contribution is 7.15.